The summed E-state index contributed by atoms with van der Waals surface area (Å²) < 4.78 is 30.0. The highest BCUT2D eigenvalue weighted by atomic mass is 35.5. The van der Waals surface area contributed by atoms with E-state index in [9.17, 15) is 8.42 Å². The Morgan fingerprint density at radius 3 is 2.66 bits per heavy atom. The van der Waals surface area contributed by atoms with Crippen molar-refractivity contribution in [2.45, 2.75) is 32.2 Å². The fourth-order valence-electron chi connectivity index (χ4n) is 4.25. The summed E-state index contributed by atoms with van der Waals surface area (Å²) in [5.41, 5.74) is 4.69. The Bertz CT molecular complexity index is 1260. The van der Waals surface area contributed by atoms with E-state index in [1.165, 1.54) is 17.3 Å². The largest absolute Gasteiger partial charge is 0.495 e. The predicted molar refractivity (Wildman–Crippen MR) is 140 cm³/mol. The fourth-order valence-corrected chi connectivity index (χ4v) is 4.69. The van der Waals surface area contributed by atoms with Crippen LogP contribution in [0.2, 0.25) is 5.02 Å². The third-order valence-electron chi connectivity index (χ3n) is 6.03. The first-order valence-electron chi connectivity index (χ1n) is 11.4. The van der Waals surface area contributed by atoms with Crippen LogP contribution in [0.15, 0.2) is 42.6 Å². The molecule has 186 valence electrons. The van der Waals surface area contributed by atoms with Gasteiger partial charge in [-0.1, -0.05) is 29.8 Å². The van der Waals surface area contributed by atoms with E-state index in [2.05, 4.69) is 49.7 Å². The topological polar surface area (TPSA) is 117 Å². The first kappa shape index (κ1) is 25.2. The minimum absolute atomic E-state index is 0.148. The van der Waals surface area contributed by atoms with Gasteiger partial charge >= 0.3 is 0 Å². The Hall–Kier alpha value is -2.92. The van der Waals surface area contributed by atoms with Crippen LogP contribution in [0.3, 0.4) is 0 Å². The Kier molecular flexibility index (Phi) is 8.40. The van der Waals surface area contributed by atoms with Crippen LogP contribution in [0.5, 0.6) is 5.75 Å². The Morgan fingerprint density at radius 2 is 1.91 bits per heavy atom. The Labute approximate surface area is 211 Å². The summed E-state index contributed by atoms with van der Waals surface area (Å²) in [6, 6.07) is 11.5. The van der Waals surface area contributed by atoms with Crippen LogP contribution in [0.25, 0.3) is 0 Å². The van der Waals surface area contributed by atoms with Gasteiger partial charge in [-0.15, -0.1) is 0 Å². The summed E-state index contributed by atoms with van der Waals surface area (Å²) >= 11 is 6.36. The van der Waals surface area contributed by atoms with Gasteiger partial charge in [0.15, 0.2) is 5.82 Å². The molecule has 1 saturated heterocycles. The summed E-state index contributed by atoms with van der Waals surface area (Å²) in [6.07, 6.45) is 3.72. The van der Waals surface area contributed by atoms with Gasteiger partial charge in [0.25, 0.3) is 0 Å². The number of methoxy groups -OCH3 is 1. The van der Waals surface area contributed by atoms with E-state index in [4.69, 9.17) is 16.3 Å². The zero-order chi connectivity index (χ0) is 24.8. The third kappa shape index (κ3) is 6.40. The van der Waals surface area contributed by atoms with Gasteiger partial charge in [-0.3, -0.25) is 0 Å². The molecule has 1 aliphatic heterocycles. The van der Waals surface area contributed by atoms with Crippen LogP contribution in [-0.4, -0.2) is 38.6 Å². The first-order valence-corrected chi connectivity index (χ1v) is 12.9. The molecular formula is C24H29ClN6O3S. The highest BCUT2D eigenvalue weighted by Crippen LogP contribution is 2.36. The molecule has 0 atom stereocenters. The van der Waals surface area contributed by atoms with Gasteiger partial charge in [-0.05, 0) is 73.7 Å². The lowest BCUT2D eigenvalue weighted by atomic mass is 9.87. The number of halogens is 1. The van der Waals surface area contributed by atoms with E-state index in [1.807, 2.05) is 24.3 Å². The van der Waals surface area contributed by atoms with Gasteiger partial charge in [-0.2, -0.15) is 4.98 Å². The molecule has 4 N–H and O–H groups in total. The maximum atomic E-state index is 10.9. The lowest BCUT2D eigenvalue weighted by molar-refractivity contribution is 0.413. The average Bonchev–Trinajstić information content (AvgIpc) is 2.86. The number of para-hydroxylation sites is 1. The Balaban J connectivity index is 1.57. The number of rotatable bonds is 9. The molecule has 1 fully saturated rings. The molecule has 11 heteroatoms. The normalized spacial score (nSPS) is 14.2. The summed E-state index contributed by atoms with van der Waals surface area (Å²) in [4.78, 5) is 8.87. The molecule has 0 spiro atoms. The van der Waals surface area contributed by atoms with E-state index in [1.54, 1.807) is 7.11 Å². The molecule has 0 unspecified atom stereocenters. The van der Waals surface area contributed by atoms with E-state index < -0.39 is 10.9 Å². The van der Waals surface area contributed by atoms with Crippen LogP contribution in [0, 0.1) is 6.92 Å². The van der Waals surface area contributed by atoms with Crippen molar-refractivity contribution in [3.63, 3.8) is 0 Å². The first-order chi connectivity index (χ1) is 16.9. The van der Waals surface area contributed by atoms with Gasteiger partial charge in [0.2, 0.25) is 16.8 Å². The number of ether oxygens (including phenoxy) is 1. The smallest absolute Gasteiger partial charge is 0.229 e. The summed E-state index contributed by atoms with van der Waals surface area (Å²) in [6.45, 7) is 4.30. The number of aromatic nitrogens is 2. The highest BCUT2D eigenvalue weighted by molar-refractivity contribution is 7.70. The molecule has 35 heavy (non-hydrogen) atoms. The number of hydrogen-bond donors (Lipinski definition) is 5. The molecule has 9 nitrogen and oxygen atoms in total. The van der Waals surface area contributed by atoms with E-state index in [0.717, 1.165) is 42.9 Å². The Morgan fingerprint density at radius 1 is 1.14 bits per heavy atom. The van der Waals surface area contributed by atoms with Crippen LogP contribution < -0.4 is 25.4 Å². The molecule has 0 bridgehead atoms. The van der Waals surface area contributed by atoms with Crippen molar-refractivity contribution in [2.24, 2.45) is 0 Å². The van der Waals surface area contributed by atoms with Crippen molar-refractivity contribution in [1.82, 2.24) is 20.0 Å². The van der Waals surface area contributed by atoms with Crippen LogP contribution in [0.4, 0.5) is 23.1 Å². The monoisotopic (exact) mass is 516 g/mol. The molecule has 1 aliphatic rings. The summed E-state index contributed by atoms with van der Waals surface area (Å²) in [5.74, 6) is 1.98. The quantitative estimate of drug-likeness (QED) is 0.271. The van der Waals surface area contributed by atoms with Crippen molar-refractivity contribution < 1.29 is 13.2 Å². The zero-order valence-corrected chi connectivity index (χ0v) is 21.2. The lowest BCUT2D eigenvalue weighted by Crippen LogP contribution is -2.27. The van der Waals surface area contributed by atoms with Crippen LogP contribution in [0.1, 0.15) is 35.4 Å². The third-order valence-corrected chi connectivity index (χ3v) is 6.72. The van der Waals surface area contributed by atoms with E-state index >= 15 is 0 Å². The van der Waals surface area contributed by atoms with Gasteiger partial charge in [0, 0.05) is 12.2 Å². The number of hydrogen-bond acceptors (Lipinski definition) is 8. The minimum Gasteiger partial charge on any atom is -0.495 e. The molecular weight excluding hydrogens is 488 g/mol. The number of thiol groups is 1. The number of benzene rings is 2. The number of aryl methyl sites for hydroxylation is 1. The van der Waals surface area contributed by atoms with Crippen molar-refractivity contribution in [3.05, 3.63) is 64.3 Å². The molecule has 0 saturated carbocycles. The molecule has 4 rings (SSSR count). The van der Waals surface area contributed by atoms with E-state index in [-0.39, 0.29) is 6.54 Å². The molecule has 2 aromatic carbocycles. The molecule has 1 aromatic heterocycles. The molecule has 3 aromatic rings. The van der Waals surface area contributed by atoms with Crippen LogP contribution >= 0.6 is 11.6 Å². The van der Waals surface area contributed by atoms with Gasteiger partial charge in [0.1, 0.15) is 10.8 Å². The summed E-state index contributed by atoms with van der Waals surface area (Å²) in [7, 11) is -1.05. The second-order valence-corrected chi connectivity index (χ2v) is 9.56. The van der Waals surface area contributed by atoms with Gasteiger partial charge in [-0.25, -0.2) is 18.1 Å². The maximum Gasteiger partial charge on any atom is 0.229 e. The number of piperidine rings is 1. The SMILES string of the molecule is COc1cc(C2CCNCC2)c(C)cc1Nc1ncc(Cl)c(Nc2ccccc2CN[SH](=O)=O)n1. The van der Waals surface area contributed by atoms with Gasteiger partial charge in [0.05, 0.1) is 19.0 Å². The van der Waals surface area contributed by atoms with Crippen molar-refractivity contribution in [3.8, 4) is 5.75 Å². The molecule has 2 heterocycles. The van der Waals surface area contributed by atoms with Crippen LogP contribution in [-0.2, 0) is 17.4 Å². The molecule has 0 amide bonds. The lowest BCUT2D eigenvalue weighted by Gasteiger charge is -2.25. The number of anilines is 4. The molecule has 0 radical (unpaired) electrons. The second-order valence-electron chi connectivity index (χ2n) is 8.32. The van der Waals surface area contributed by atoms with Gasteiger partial charge < -0.3 is 20.7 Å². The standard InChI is InChI=1S/C24H29ClN6O3S/c1-15-11-21(22(34-2)12-18(15)16-7-9-26-10-8-16)30-24-27-14-19(25)23(31-24)29-20-6-4-3-5-17(20)13-28-35(32)33/h3-6,11-12,14,16,26,35H,7-10,13H2,1-2H3,(H,28,32,33)(H2,27,29,30,31). The summed E-state index contributed by atoms with van der Waals surface area (Å²) in [5, 5.41) is 10.2. The fraction of sp³-hybridized carbons (Fsp3) is 0.333. The van der Waals surface area contributed by atoms with Crippen molar-refractivity contribution >= 4 is 45.6 Å². The minimum atomic E-state index is -2.70. The highest BCUT2D eigenvalue weighted by Gasteiger charge is 2.20. The molecule has 0 aliphatic carbocycles. The number of nitrogens with one attached hydrogen (secondary N) is 4. The second kappa shape index (κ2) is 11.7. The zero-order valence-electron chi connectivity index (χ0n) is 19.6. The number of nitrogens with zero attached hydrogens (tertiary/aromatic N) is 2. The van der Waals surface area contributed by atoms with Crippen molar-refractivity contribution in [1.29, 1.82) is 0 Å². The van der Waals surface area contributed by atoms with Crippen molar-refractivity contribution in [2.75, 3.05) is 30.8 Å². The average molecular weight is 517 g/mol. The predicted octanol–water partition coefficient (Wildman–Crippen LogP) is 4.02. The maximum absolute atomic E-state index is 10.9. The van der Waals surface area contributed by atoms with E-state index in [0.29, 0.717) is 28.4 Å².